The van der Waals surface area contributed by atoms with Crippen molar-refractivity contribution < 1.29 is 9.47 Å². The van der Waals surface area contributed by atoms with E-state index in [9.17, 15) is 0 Å². The molecule has 0 N–H and O–H groups in total. The van der Waals surface area contributed by atoms with Crippen molar-refractivity contribution in [2.75, 3.05) is 13.2 Å². The van der Waals surface area contributed by atoms with Crippen LogP contribution in [0.5, 0.6) is 0 Å². The van der Waals surface area contributed by atoms with E-state index in [2.05, 4.69) is 4.98 Å². The first-order valence-corrected chi connectivity index (χ1v) is 6.02. The molecule has 0 aliphatic carbocycles. The van der Waals surface area contributed by atoms with Crippen LogP contribution in [-0.2, 0) is 16.1 Å². The van der Waals surface area contributed by atoms with E-state index in [1.54, 1.807) is 6.20 Å². The molecule has 0 radical (unpaired) electrons. The zero-order valence-corrected chi connectivity index (χ0v) is 9.95. The van der Waals surface area contributed by atoms with Crippen LogP contribution < -0.4 is 0 Å². The minimum atomic E-state index is 0.269. The number of nitrogens with zero attached hydrogens (tertiary/aromatic N) is 1. The van der Waals surface area contributed by atoms with Crippen molar-refractivity contribution in [2.45, 2.75) is 32.0 Å². The van der Waals surface area contributed by atoms with Crippen molar-refractivity contribution in [2.24, 2.45) is 0 Å². The van der Waals surface area contributed by atoms with Gasteiger partial charge in [-0.05, 0) is 37.0 Å². The summed E-state index contributed by atoms with van der Waals surface area (Å²) < 4.78 is 11.2. The number of pyridine rings is 1. The Bertz CT molecular complexity index is 327. The minimum Gasteiger partial charge on any atom is -0.376 e. The first kappa shape index (κ1) is 11.8. The first-order valence-electron chi connectivity index (χ1n) is 5.64. The van der Waals surface area contributed by atoms with Gasteiger partial charge in [0.25, 0.3) is 0 Å². The molecular weight excluding hydrogens is 226 g/mol. The molecule has 1 aromatic heterocycles. The second kappa shape index (κ2) is 6.18. The van der Waals surface area contributed by atoms with Crippen LogP contribution in [0, 0.1) is 0 Å². The topological polar surface area (TPSA) is 31.4 Å². The third-order valence-corrected chi connectivity index (χ3v) is 2.84. The summed E-state index contributed by atoms with van der Waals surface area (Å²) in [4.78, 5) is 3.92. The van der Waals surface area contributed by atoms with Crippen LogP contribution in [0.3, 0.4) is 0 Å². The molecular formula is C12H16ClNO2. The maximum Gasteiger partial charge on any atom is 0.129 e. The van der Waals surface area contributed by atoms with Crippen molar-refractivity contribution in [1.29, 1.82) is 0 Å². The van der Waals surface area contributed by atoms with Crippen LogP contribution in [0.2, 0.25) is 5.15 Å². The molecule has 1 unspecified atom stereocenters. The lowest BCUT2D eigenvalue weighted by Crippen LogP contribution is -2.24. The molecule has 3 nitrogen and oxygen atoms in total. The molecule has 1 fully saturated rings. The Kier molecular flexibility index (Phi) is 4.57. The molecule has 0 amide bonds. The van der Waals surface area contributed by atoms with Gasteiger partial charge in [-0.25, -0.2) is 4.98 Å². The Morgan fingerprint density at radius 3 is 3.19 bits per heavy atom. The highest BCUT2D eigenvalue weighted by molar-refractivity contribution is 6.29. The summed E-state index contributed by atoms with van der Waals surface area (Å²) in [5.74, 6) is 0. The van der Waals surface area contributed by atoms with Gasteiger partial charge in [0, 0.05) is 12.8 Å². The lowest BCUT2D eigenvalue weighted by Gasteiger charge is -2.22. The normalized spacial score (nSPS) is 20.9. The van der Waals surface area contributed by atoms with Crippen molar-refractivity contribution in [1.82, 2.24) is 4.98 Å². The van der Waals surface area contributed by atoms with Gasteiger partial charge in [0.2, 0.25) is 0 Å². The number of aromatic nitrogens is 1. The lowest BCUT2D eigenvalue weighted by atomic mass is 10.1. The molecule has 1 aromatic rings. The third-order valence-electron chi connectivity index (χ3n) is 2.64. The van der Waals surface area contributed by atoms with E-state index in [0.29, 0.717) is 18.4 Å². The molecule has 2 rings (SSSR count). The Morgan fingerprint density at radius 1 is 1.50 bits per heavy atom. The highest BCUT2D eigenvalue weighted by Gasteiger charge is 2.13. The van der Waals surface area contributed by atoms with Crippen LogP contribution in [-0.4, -0.2) is 24.3 Å². The van der Waals surface area contributed by atoms with E-state index in [4.69, 9.17) is 21.1 Å². The third kappa shape index (κ3) is 3.74. The summed E-state index contributed by atoms with van der Waals surface area (Å²) in [5.41, 5.74) is 1.05. The maximum absolute atomic E-state index is 5.78. The van der Waals surface area contributed by atoms with Gasteiger partial charge in [-0.1, -0.05) is 11.6 Å². The van der Waals surface area contributed by atoms with Crippen LogP contribution in [0.15, 0.2) is 18.3 Å². The Labute approximate surface area is 101 Å². The Hall–Kier alpha value is -0.640. The fraction of sp³-hybridized carbons (Fsp3) is 0.583. The predicted octanol–water partition coefficient (Wildman–Crippen LogP) is 2.82. The number of hydrogen-bond acceptors (Lipinski definition) is 3. The van der Waals surface area contributed by atoms with E-state index < -0.39 is 0 Å². The summed E-state index contributed by atoms with van der Waals surface area (Å²) in [5, 5.41) is 0.509. The molecule has 1 saturated heterocycles. The van der Waals surface area contributed by atoms with Gasteiger partial charge in [0.1, 0.15) is 5.15 Å². The fourth-order valence-electron chi connectivity index (χ4n) is 1.78. The molecule has 1 aliphatic rings. The van der Waals surface area contributed by atoms with E-state index in [0.717, 1.165) is 18.6 Å². The van der Waals surface area contributed by atoms with Gasteiger partial charge in [-0.3, -0.25) is 0 Å². The Morgan fingerprint density at radius 2 is 2.44 bits per heavy atom. The van der Waals surface area contributed by atoms with Crippen LogP contribution >= 0.6 is 11.6 Å². The van der Waals surface area contributed by atoms with E-state index in [1.807, 2.05) is 12.1 Å². The summed E-state index contributed by atoms with van der Waals surface area (Å²) in [6, 6.07) is 3.73. The van der Waals surface area contributed by atoms with Gasteiger partial charge in [0.05, 0.1) is 19.3 Å². The van der Waals surface area contributed by atoms with Crippen molar-refractivity contribution in [3.63, 3.8) is 0 Å². The second-order valence-electron chi connectivity index (χ2n) is 3.99. The van der Waals surface area contributed by atoms with Gasteiger partial charge in [0.15, 0.2) is 0 Å². The summed E-state index contributed by atoms with van der Waals surface area (Å²) in [6.07, 6.45) is 5.49. The fourth-order valence-corrected chi connectivity index (χ4v) is 1.98. The number of rotatable bonds is 4. The van der Waals surface area contributed by atoms with Gasteiger partial charge in [-0.15, -0.1) is 0 Å². The smallest absolute Gasteiger partial charge is 0.129 e. The second-order valence-corrected chi connectivity index (χ2v) is 4.38. The average Bonchev–Trinajstić information content (AvgIpc) is 2.30. The zero-order chi connectivity index (χ0) is 11.2. The van der Waals surface area contributed by atoms with Gasteiger partial charge < -0.3 is 9.47 Å². The quantitative estimate of drug-likeness (QED) is 0.760. The molecule has 16 heavy (non-hydrogen) atoms. The van der Waals surface area contributed by atoms with Gasteiger partial charge >= 0.3 is 0 Å². The van der Waals surface area contributed by atoms with Crippen LogP contribution in [0.1, 0.15) is 24.8 Å². The number of halogens is 1. The molecule has 1 atom stereocenters. The number of hydrogen-bond donors (Lipinski definition) is 0. The van der Waals surface area contributed by atoms with Crippen LogP contribution in [0.25, 0.3) is 0 Å². The molecule has 0 aromatic carbocycles. The molecule has 2 heterocycles. The van der Waals surface area contributed by atoms with Crippen LogP contribution in [0.4, 0.5) is 0 Å². The standard InChI is InChI=1S/C12H16ClNO2/c13-12-7-10(4-5-14-12)8-15-9-11-3-1-2-6-16-11/h4-5,7,11H,1-3,6,8-9H2. The molecule has 0 bridgehead atoms. The molecule has 4 heteroatoms. The highest BCUT2D eigenvalue weighted by atomic mass is 35.5. The highest BCUT2D eigenvalue weighted by Crippen LogP contribution is 2.14. The van der Waals surface area contributed by atoms with Crippen molar-refractivity contribution in [3.8, 4) is 0 Å². The average molecular weight is 242 g/mol. The maximum atomic E-state index is 5.78. The SMILES string of the molecule is Clc1cc(COCC2CCCCO2)ccn1. The summed E-state index contributed by atoms with van der Waals surface area (Å²) >= 11 is 5.78. The minimum absolute atomic E-state index is 0.269. The molecule has 1 aliphatic heterocycles. The van der Waals surface area contributed by atoms with Crippen molar-refractivity contribution >= 4 is 11.6 Å². The largest absolute Gasteiger partial charge is 0.376 e. The molecule has 88 valence electrons. The zero-order valence-electron chi connectivity index (χ0n) is 9.19. The monoisotopic (exact) mass is 241 g/mol. The lowest BCUT2D eigenvalue weighted by molar-refractivity contribution is -0.0447. The van der Waals surface area contributed by atoms with Crippen molar-refractivity contribution in [3.05, 3.63) is 29.0 Å². The predicted molar refractivity (Wildman–Crippen MR) is 62.5 cm³/mol. The molecule has 0 spiro atoms. The van der Waals surface area contributed by atoms with E-state index >= 15 is 0 Å². The molecule has 0 saturated carbocycles. The van der Waals surface area contributed by atoms with Gasteiger partial charge in [-0.2, -0.15) is 0 Å². The number of ether oxygens (including phenoxy) is 2. The summed E-state index contributed by atoms with van der Waals surface area (Å²) in [6.45, 7) is 2.11. The Balaban J connectivity index is 1.71. The van der Waals surface area contributed by atoms with E-state index in [1.165, 1.54) is 12.8 Å². The van der Waals surface area contributed by atoms with E-state index in [-0.39, 0.29) is 6.10 Å². The first-order chi connectivity index (χ1) is 7.84. The summed E-state index contributed by atoms with van der Waals surface area (Å²) in [7, 11) is 0.